The van der Waals surface area contributed by atoms with Crippen LogP contribution in [-0.2, 0) is 0 Å². The first kappa shape index (κ1) is 22.6. The molecule has 1 aliphatic heterocycles. The molecule has 0 aliphatic carbocycles. The lowest BCUT2D eigenvalue weighted by Crippen LogP contribution is -2.45. The smallest absolute Gasteiger partial charge is 0.283 e. The van der Waals surface area contributed by atoms with Crippen molar-refractivity contribution < 1.29 is 4.79 Å². The van der Waals surface area contributed by atoms with Crippen molar-refractivity contribution in [3.63, 3.8) is 0 Å². The van der Waals surface area contributed by atoms with Crippen molar-refractivity contribution in [1.29, 1.82) is 0 Å². The first-order valence-corrected chi connectivity index (χ1v) is 11.4. The Morgan fingerprint density at radius 1 is 1.12 bits per heavy atom. The average molecular weight is 486 g/mol. The van der Waals surface area contributed by atoms with Gasteiger partial charge >= 0.3 is 0 Å². The second-order valence-electron chi connectivity index (χ2n) is 7.57. The molecule has 2 heterocycles. The average Bonchev–Trinajstić information content (AvgIpc) is 3.12. The van der Waals surface area contributed by atoms with Crippen LogP contribution in [0.4, 0.5) is 5.69 Å². The zero-order valence-corrected chi connectivity index (χ0v) is 19.8. The molecule has 0 radical (unpaired) electrons. The number of thiocarbonyl (C=S) groups is 1. The molecule has 1 N–H and O–H groups in total. The van der Waals surface area contributed by atoms with Crippen LogP contribution < -0.4 is 5.43 Å². The van der Waals surface area contributed by atoms with Crippen LogP contribution in [0.25, 0.3) is 16.9 Å². The normalized spacial score (nSPS) is 14.1. The summed E-state index contributed by atoms with van der Waals surface area (Å²) in [6, 6.07) is 12.7. The van der Waals surface area contributed by atoms with Crippen molar-refractivity contribution >= 4 is 52.2 Å². The lowest BCUT2D eigenvalue weighted by molar-refractivity contribution is 0.0743. The number of halogens is 2. The molecule has 0 unspecified atom stereocenters. The van der Waals surface area contributed by atoms with Crippen molar-refractivity contribution in [1.82, 2.24) is 20.2 Å². The molecule has 1 fully saturated rings. The maximum absolute atomic E-state index is 13.1. The van der Waals surface area contributed by atoms with E-state index >= 15 is 0 Å². The number of hydrogen-bond donors (Lipinski definition) is 1. The van der Waals surface area contributed by atoms with Crippen molar-refractivity contribution in [3.8, 4) is 16.9 Å². The SMILES string of the molecule is Cc1c(C(=O)NN2CCCCC2)nn(-c2ccc(Cl)cc2Cl)c1-c1ccc(N=C=S)cc1. The van der Waals surface area contributed by atoms with E-state index in [1.165, 1.54) is 6.42 Å². The van der Waals surface area contributed by atoms with Gasteiger partial charge in [-0.3, -0.25) is 10.2 Å². The minimum Gasteiger partial charge on any atom is -0.283 e. The molecule has 2 aromatic carbocycles. The molecule has 1 saturated heterocycles. The zero-order valence-electron chi connectivity index (χ0n) is 17.4. The molecule has 1 amide bonds. The van der Waals surface area contributed by atoms with Crippen molar-refractivity contribution in [2.45, 2.75) is 26.2 Å². The molecule has 3 aromatic rings. The molecular formula is C23H21Cl2N5OS. The van der Waals surface area contributed by atoms with Gasteiger partial charge in [0.25, 0.3) is 5.91 Å². The number of nitrogens with zero attached hydrogens (tertiary/aromatic N) is 4. The van der Waals surface area contributed by atoms with E-state index in [2.05, 4.69) is 32.9 Å². The number of nitrogens with one attached hydrogen (secondary N) is 1. The van der Waals surface area contributed by atoms with E-state index in [4.69, 9.17) is 23.2 Å². The van der Waals surface area contributed by atoms with Gasteiger partial charge in [0.2, 0.25) is 0 Å². The summed E-state index contributed by atoms with van der Waals surface area (Å²) in [7, 11) is 0. The molecule has 4 rings (SSSR count). The van der Waals surface area contributed by atoms with Gasteiger partial charge < -0.3 is 0 Å². The first-order chi connectivity index (χ1) is 15.5. The van der Waals surface area contributed by atoms with Crippen LogP contribution in [0, 0.1) is 6.92 Å². The van der Waals surface area contributed by atoms with Crippen LogP contribution in [0.2, 0.25) is 10.0 Å². The number of carbonyl (C=O) groups excluding carboxylic acids is 1. The maximum Gasteiger partial charge on any atom is 0.286 e. The Balaban J connectivity index is 1.80. The molecular weight excluding hydrogens is 465 g/mol. The van der Waals surface area contributed by atoms with E-state index in [1.807, 2.05) is 36.2 Å². The maximum atomic E-state index is 13.1. The summed E-state index contributed by atoms with van der Waals surface area (Å²) in [5, 5.41) is 9.95. The Kier molecular flexibility index (Phi) is 7.04. The molecule has 164 valence electrons. The summed E-state index contributed by atoms with van der Waals surface area (Å²) >= 11 is 17.3. The number of hydrogen-bond acceptors (Lipinski definition) is 5. The Morgan fingerprint density at radius 2 is 1.84 bits per heavy atom. The van der Waals surface area contributed by atoms with Crippen LogP contribution in [-0.4, -0.2) is 38.9 Å². The summed E-state index contributed by atoms with van der Waals surface area (Å²) in [5.41, 5.74) is 7.04. The highest BCUT2D eigenvalue weighted by atomic mass is 35.5. The second-order valence-corrected chi connectivity index (χ2v) is 8.59. The standard InChI is InChI=1S/C23H21Cl2N5OS/c1-15-21(23(31)28-29-11-3-2-4-12-29)27-30(20-10-7-17(24)13-19(20)25)22(15)16-5-8-18(9-6-16)26-14-32/h5-10,13H,2-4,11-12H2,1H3,(H,28,31). The molecule has 1 aromatic heterocycles. The molecule has 6 nitrogen and oxygen atoms in total. The van der Waals surface area contributed by atoms with E-state index in [-0.39, 0.29) is 5.91 Å². The number of hydrazine groups is 1. The van der Waals surface area contributed by atoms with E-state index in [9.17, 15) is 4.79 Å². The highest BCUT2D eigenvalue weighted by Crippen LogP contribution is 2.33. The van der Waals surface area contributed by atoms with E-state index in [0.29, 0.717) is 27.1 Å². The van der Waals surface area contributed by atoms with Gasteiger partial charge in [-0.2, -0.15) is 10.1 Å². The van der Waals surface area contributed by atoms with Crippen molar-refractivity contribution in [2.24, 2.45) is 4.99 Å². The van der Waals surface area contributed by atoms with Gasteiger partial charge in [-0.15, -0.1) is 0 Å². The Bertz CT molecular complexity index is 1200. The van der Waals surface area contributed by atoms with Gasteiger partial charge in [0.1, 0.15) is 0 Å². The lowest BCUT2D eigenvalue weighted by Gasteiger charge is -2.26. The third-order valence-corrected chi connectivity index (χ3v) is 6.04. The Morgan fingerprint density at radius 3 is 2.50 bits per heavy atom. The Hall–Kier alpha value is -2.54. The summed E-state index contributed by atoms with van der Waals surface area (Å²) in [6.07, 6.45) is 3.31. The fourth-order valence-electron chi connectivity index (χ4n) is 3.83. The summed E-state index contributed by atoms with van der Waals surface area (Å²) in [4.78, 5) is 17.1. The zero-order chi connectivity index (χ0) is 22.7. The van der Waals surface area contributed by atoms with Crippen LogP contribution in [0.3, 0.4) is 0 Å². The summed E-state index contributed by atoms with van der Waals surface area (Å²) in [6.45, 7) is 3.56. The van der Waals surface area contributed by atoms with Gasteiger partial charge in [0.15, 0.2) is 5.69 Å². The largest absolute Gasteiger partial charge is 0.286 e. The molecule has 32 heavy (non-hydrogen) atoms. The van der Waals surface area contributed by atoms with E-state index < -0.39 is 0 Å². The number of aliphatic imine (C=N–C) groups is 1. The number of benzene rings is 2. The minimum absolute atomic E-state index is 0.239. The third kappa shape index (κ3) is 4.77. The Labute approximate surface area is 201 Å². The highest BCUT2D eigenvalue weighted by molar-refractivity contribution is 7.78. The molecule has 0 atom stereocenters. The molecule has 0 saturated carbocycles. The minimum atomic E-state index is -0.239. The third-order valence-electron chi connectivity index (χ3n) is 5.41. The van der Waals surface area contributed by atoms with Crippen LogP contribution in [0.5, 0.6) is 0 Å². The van der Waals surface area contributed by atoms with E-state index in [0.717, 1.165) is 42.8 Å². The van der Waals surface area contributed by atoms with Crippen LogP contribution in [0.15, 0.2) is 47.5 Å². The predicted molar refractivity (Wildman–Crippen MR) is 131 cm³/mol. The number of isothiocyanates is 1. The molecule has 9 heteroatoms. The second kappa shape index (κ2) is 9.94. The highest BCUT2D eigenvalue weighted by Gasteiger charge is 2.24. The number of amides is 1. The van der Waals surface area contributed by atoms with E-state index in [1.54, 1.807) is 22.9 Å². The van der Waals surface area contributed by atoms with Crippen molar-refractivity contribution in [3.05, 3.63) is 63.8 Å². The van der Waals surface area contributed by atoms with Gasteiger partial charge in [-0.1, -0.05) is 41.8 Å². The quantitative estimate of drug-likeness (QED) is 0.354. The number of carbonyl (C=O) groups is 1. The fraction of sp³-hybridized carbons (Fsp3) is 0.261. The topological polar surface area (TPSA) is 62.5 Å². The van der Waals surface area contributed by atoms with Crippen molar-refractivity contribution in [2.75, 3.05) is 13.1 Å². The molecule has 0 spiro atoms. The molecule has 1 aliphatic rings. The van der Waals surface area contributed by atoms with Crippen LogP contribution >= 0.6 is 35.4 Å². The predicted octanol–water partition coefficient (Wildman–Crippen LogP) is 6.02. The van der Waals surface area contributed by atoms with Gasteiger partial charge in [0.05, 0.1) is 27.3 Å². The summed E-state index contributed by atoms with van der Waals surface area (Å²) in [5.74, 6) is -0.239. The number of rotatable bonds is 5. The monoisotopic (exact) mass is 485 g/mol. The van der Waals surface area contributed by atoms with Gasteiger partial charge in [-0.25, -0.2) is 9.69 Å². The fourth-order valence-corrected chi connectivity index (χ4v) is 4.42. The van der Waals surface area contributed by atoms with Gasteiger partial charge in [-0.05, 0) is 62.3 Å². The molecule has 0 bridgehead atoms. The first-order valence-electron chi connectivity index (χ1n) is 10.3. The van der Waals surface area contributed by atoms with Crippen LogP contribution in [0.1, 0.15) is 35.3 Å². The lowest BCUT2D eigenvalue weighted by atomic mass is 10.1. The van der Waals surface area contributed by atoms with Gasteiger partial charge in [0, 0.05) is 29.2 Å². The summed E-state index contributed by atoms with van der Waals surface area (Å²) < 4.78 is 1.69. The number of aromatic nitrogens is 2. The number of piperidine rings is 1.